The third kappa shape index (κ3) is 2.72. The van der Waals surface area contributed by atoms with Gasteiger partial charge in [0.15, 0.2) is 0 Å². The fourth-order valence-electron chi connectivity index (χ4n) is 1.77. The average molecular weight is 190 g/mol. The van der Waals surface area contributed by atoms with Crippen molar-refractivity contribution in [1.29, 1.82) is 0 Å². The van der Waals surface area contributed by atoms with Crippen LogP contribution in [0.4, 0.5) is 5.69 Å². The molecule has 1 aromatic heterocycles. The van der Waals surface area contributed by atoms with Crippen LogP contribution in [0, 0.1) is 5.92 Å². The first-order chi connectivity index (χ1) is 6.88. The van der Waals surface area contributed by atoms with Crippen LogP contribution in [0.25, 0.3) is 0 Å². The number of rotatable bonds is 5. The fourth-order valence-corrected chi connectivity index (χ4v) is 1.77. The Morgan fingerprint density at radius 2 is 2.14 bits per heavy atom. The van der Waals surface area contributed by atoms with Gasteiger partial charge >= 0.3 is 0 Å². The molecule has 0 aliphatic heterocycles. The molecular formula is C12H18N2. The molecule has 76 valence electrons. The molecule has 0 saturated heterocycles. The van der Waals surface area contributed by atoms with Gasteiger partial charge in [0, 0.05) is 24.1 Å². The first kappa shape index (κ1) is 9.50. The van der Waals surface area contributed by atoms with E-state index in [1.165, 1.54) is 31.4 Å². The minimum absolute atomic E-state index is 0.643. The number of hydrogen-bond acceptors (Lipinski definition) is 2. The van der Waals surface area contributed by atoms with Crippen molar-refractivity contribution in [3.8, 4) is 0 Å². The Labute approximate surface area is 85.7 Å². The van der Waals surface area contributed by atoms with E-state index in [-0.39, 0.29) is 0 Å². The highest BCUT2D eigenvalue weighted by molar-refractivity contribution is 5.41. The van der Waals surface area contributed by atoms with Crippen molar-refractivity contribution in [2.75, 3.05) is 5.32 Å². The van der Waals surface area contributed by atoms with E-state index in [9.17, 15) is 0 Å². The highest BCUT2D eigenvalue weighted by atomic mass is 14.9. The van der Waals surface area contributed by atoms with Crippen molar-refractivity contribution in [3.05, 3.63) is 24.5 Å². The summed E-state index contributed by atoms with van der Waals surface area (Å²) in [4.78, 5) is 4.01. The molecule has 2 nitrogen and oxygen atoms in total. The largest absolute Gasteiger partial charge is 0.382 e. The second kappa shape index (κ2) is 4.45. The summed E-state index contributed by atoms with van der Waals surface area (Å²) < 4.78 is 0. The van der Waals surface area contributed by atoms with Crippen LogP contribution < -0.4 is 5.32 Å². The van der Waals surface area contributed by atoms with Crippen molar-refractivity contribution < 1.29 is 0 Å². The molecule has 1 unspecified atom stereocenters. The van der Waals surface area contributed by atoms with Crippen LogP contribution in [0.1, 0.15) is 32.6 Å². The number of nitrogens with zero attached hydrogens (tertiary/aromatic N) is 1. The number of hydrogen-bond donors (Lipinski definition) is 1. The molecule has 0 amide bonds. The van der Waals surface area contributed by atoms with Crippen molar-refractivity contribution in [2.45, 2.75) is 38.6 Å². The van der Waals surface area contributed by atoms with E-state index in [4.69, 9.17) is 0 Å². The van der Waals surface area contributed by atoms with Crippen LogP contribution in [-0.2, 0) is 0 Å². The second-order valence-corrected chi connectivity index (χ2v) is 4.16. The highest BCUT2D eigenvalue weighted by Gasteiger charge is 2.24. The summed E-state index contributed by atoms with van der Waals surface area (Å²) in [6, 6.07) is 4.72. The number of anilines is 1. The maximum Gasteiger partial charge on any atom is 0.0373 e. The molecule has 1 heterocycles. The number of pyridine rings is 1. The standard InChI is InChI=1S/C12H18N2/c1-2-11(9-10-3-4-10)14-12-5-7-13-8-6-12/h5-8,10-11H,2-4,9H2,1H3,(H,13,14). The molecule has 0 aromatic carbocycles. The van der Waals surface area contributed by atoms with Gasteiger partial charge in [-0.3, -0.25) is 4.98 Å². The molecule has 1 aliphatic carbocycles. The van der Waals surface area contributed by atoms with Crippen LogP contribution in [0.15, 0.2) is 24.5 Å². The maximum atomic E-state index is 4.01. The van der Waals surface area contributed by atoms with Crippen molar-refractivity contribution in [2.24, 2.45) is 5.92 Å². The van der Waals surface area contributed by atoms with E-state index in [2.05, 4.69) is 17.2 Å². The van der Waals surface area contributed by atoms with Crippen LogP contribution >= 0.6 is 0 Å². The van der Waals surface area contributed by atoms with E-state index in [0.29, 0.717) is 6.04 Å². The van der Waals surface area contributed by atoms with E-state index < -0.39 is 0 Å². The van der Waals surface area contributed by atoms with Gasteiger partial charge in [-0.2, -0.15) is 0 Å². The lowest BCUT2D eigenvalue weighted by Crippen LogP contribution is -2.18. The molecule has 1 atom stereocenters. The molecule has 2 heteroatoms. The van der Waals surface area contributed by atoms with Crippen LogP contribution in [-0.4, -0.2) is 11.0 Å². The lowest BCUT2D eigenvalue weighted by atomic mass is 10.1. The van der Waals surface area contributed by atoms with E-state index in [1.54, 1.807) is 0 Å². The Morgan fingerprint density at radius 3 is 2.71 bits per heavy atom. The lowest BCUT2D eigenvalue weighted by molar-refractivity contribution is 0.587. The minimum atomic E-state index is 0.643. The third-order valence-corrected chi connectivity index (χ3v) is 2.86. The molecule has 2 rings (SSSR count). The summed E-state index contributed by atoms with van der Waals surface area (Å²) >= 11 is 0. The van der Waals surface area contributed by atoms with Gasteiger partial charge in [-0.05, 0) is 30.9 Å². The summed E-state index contributed by atoms with van der Waals surface area (Å²) in [7, 11) is 0. The summed E-state index contributed by atoms with van der Waals surface area (Å²) in [6.45, 7) is 2.25. The average Bonchev–Trinajstić information content (AvgIpc) is 3.02. The van der Waals surface area contributed by atoms with Gasteiger partial charge in [-0.1, -0.05) is 19.8 Å². The normalized spacial score (nSPS) is 17.8. The molecule has 0 spiro atoms. The summed E-state index contributed by atoms with van der Waals surface area (Å²) in [5, 5.41) is 3.56. The number of nitrogens with one attached hydrogen (secondary N) is 1. The van der Waals surface area contributed by atoms with Gasteiger partial charge in [-0.15, -0.1) is 0 Å². The molecule has 0 radical (unpaired) electrons. The van der Waals surface area contributed by atoms with Gasteiger partial charge in [-0.25, -0.2) is 0 Å². The molecule has 0 bridgehead atoms. The molecule has 1 aromatic rings. The quantitative estimate of drug-likeness (QED) is 0.771. The topological polar surface area (TPSA) is 24.9 Å². The number of aromatic nitrogens is 1. The molecular weight excluding hydrogens is 172 g/mol. The summed E-state index contributed by atoms with van der Waals surface area (Å²) in [5.74, 6) is 0.995. The second-order valence-electron chi connectivity index (χ2n) is 4.16. The van der Waals surface area contributed by atoms with Gasteiger partial charge < -0.3 is 5.32 Å². The lowest BCUT2D eigenvalue weighted by Gasteiger charge is -2.17. The summed E-state index contributed by atoms with van der Waals surface area (Å²) in [6.07, 6.45) is 9.10. The molecule has 1 saturated carbocycles. The Bertz CT molecular complexity index is 267. The highest BCUT2D eigenvalue weighted by Crippen LogP contribution is 2.34. The van der Waals surface area contributed by atoms with E-state index >= 15 is 0 Å². The first-order valence-electron chi connectivity index (χ1n) is 5.55. The van der Waals surface area contributed by atoms with Crippen LogP contribution in [0.3, 0.4) is 0 Å². The Balaban J connectivity index is 1.87. The predicted molar refractivity (Wildman–Crippen MR) is 59.3 cm³/mol. The van der Waals surface area contributed by atoms with Crippen molar-refractivity contribution >= 4 is 5.69 Å². The SMILES string of the molecule is CCC(CC1CC1)Nc1ccncc1. The fraction of sp³-hybridized carbons (Fsp3) is 0.583. The Kier molecular flexibility index (Phi) is 3.02. The van der Waals surface area contributed by atoms with Crippen molar-refractivity contribution in [1.82, 2.24) is 4.98 Å². The van der Waals surface area contributed by atoms with Crippen LogP contribution in [0.2, 0.25) is 0 Å². The molecule has 14 heavy (non-hydrogen) atoms. The predicted octanol–water partition coefficient (Wildman–Crippen LogP) is 3.07. The van der Waals surface area contributed by atoms with Gasteiger partial charge in [0.2, 0.25) is 0 Å². The van der Waals surface area contributed by atoms with Gasteiger partial charge in [0.25, 0.3) is 0 Å². The molecule has 1 N–H and O–H groups in total. The first-order valence-corrected chi connectivity index (χ1v) is 5.55. The monoisotopic (exact) mass is 190 g/mol. The summed E-state index contributed by atoms with van der Waals surface area (Å²) in [5.41, 5.74) is 1.20. The van der Waals surface area contributed by atoms with Crippen molar-refractivity contribution in [3.63, 3.8) is 0 Å². The zero-order chi connectivity index (χ0) is 9.80. The zero-order valence-corrected chi connectivity index (χ0v) is 8.74. The van der Waals surface area contributed by atoms with E-state index in [0.717, 1.165) is 5.92 Å². The molecule has 1 fully saturated rings. The molecule has 1 aliphatic rings. The van der Waals surface area contributed by atoms with Crippen LogP contribution in [0.5, 0.6) is 0 Å². The maximum absolute atomic E-state index is 4.01. The Hall–Kier alpha value is -1.05. The van der Waals surface area contributed by atoms with E-state index in [1.807, 2.05) is 24.5 Å². The zero-order valence-electron chi connectivity index (χ0n) is 8.74. The Morgan fingerprint density at radius 1 is 1.43 bits per heavy atom. The smallest absolute Gasteiger partial charge is 0.0373 e. The van der Waals surface area contributed by atoms with Gasteiger partial charge in [0.05, 0.1) is 0 Å². The minimum Gasteiger partial charge on any atom is -0.382 e. The third-order valence-electron chi connectivity index (χ3n) is 2.86. The van der Waals surface area contributed by atoms with Gasteiger partial charge in [0.1, 0.15) is 0 Å².